The maximum absolute atomic E-state index is 12.7. The Morgan fingerprint density at radius 1 is 1.27 bits per heavy atom. The van der Waals surface area contributed by atoms with Crippen molar-refractivity contribution >= 4 is 0 Å². The SMILES string of the molecule is Cc1cccnc1CN1CCc2cnc(C(F)(F)F)nc2C1. The van der Waals surface area contributed by atoms with Crippen LogP contribution in [0.4, 0.5) is 13.2 Å². The van der Waals surface area contributed by atoms with Crippen LogP contribution in [0.3, 0.4) is 0 Å². The summed E-state index contributed by atoms with van der Waals surface area (Å²) in [6, 6.07) is 3.84. The van der Waals surface area contributed by atoms with Crippen LogP contribution in [0.15, 0.2) is 24.5 Å². The van der Waals surface area contributed by atoms with Gasteiger partial charge in [-0.1, -0.05) is 6.07 Å². The molecule has 0 aliphatic carbocycles. The number of rotatable bonds is 2. The molecule has 1 aliphatic rings. The Kier molecular flexibility index (Phi) is 3.82. The van der Waals surface area contributed by atoms with Crippen molar-refractivity contribution in [2.45, 2.75) is 32.6 Å². The zero-order valence-corrected chi connectivity index (χ0v) is 12.1. The number of fused-ring (bicyclic) bond motifs is 1. The molecule has 0 N–H and O–H groups in total. The standard InChI is InChI=1S/C15H15F3N4/c1-10-3-2-5-19-12(10)8-22-6-4-11-7-20-14(15(16,17)18)21-13(11)9-22/h2-3,5,7H,4,6,8-9H2,1H3. The van der Waals surface area contributed by atoms with Gasteiger partial charge in [-0.15, -0.1) is 0 Å². The van der Waals surface area contributed by atoms with Gasteiger partial charge in [-0.05, 0) is 30.5 Å². The molecule has 0 saturated heterocycles. The van der Waals surface area contributed by atoms with Crippen LogP contribution in [-0.4, -0.2) is 26.4 Å². The number of aromatic nitrogens is 3. The van der Waals surface area contributed by atoms with Crippen molar-refractivity contribution < 1.29 is 13.2 Å². The molecular weight excluding hydrogens is 293 g/mol. The van der Waals surface area contributed by atoms with Gasteiger partial charge in [0.15, 0.2) is 0 Å². The van der Waals surface area contributed by atoms with Crippen molar-refractivity contribution in [3.63, 3.8) is 0 Å². The Morgan fingerprint density at radius 3 is 2.82 bits per heavy atom. The number of halogens is 3. The summed E-state index contributed by atoms with van der Waals surface area (Å²) in [4.78, 5) is 13.5. The highest BCUT2D eigenvalue weighted by molar-refractivity contribution is 5.22. The van der Waals surface area contributed by atoms with E-state index in [0.29, 0.717) is 25.2 Å². The summed E-state index contributed by atoms with van der Waals surface area (Å²) in [5, 5.41) is 0. The third kappa shape index (κ3) is 3.09. The third-order valence-corrected chi connectivity index (χ3v) is 3.77. The number of pyridine rings is 1. The van der Waals surface area contributed by atoms with Gasteiger partial charge in [0.1, 0.15) is 0 Å². The second kappa shape index (κ2) is 5.64. The molecule has 0 radical (unpaired) electrons. The fraction of sp³-hybridized carbons (Fsp3) is 0.400. The molecule has 0 spiro atoms. The van der Waals surface area contributed by atoms with Crippen molar-refractivity contribution in [3.8, 4) is 0 Å². The molecule has 4 nitrogen and oxygen atoms in total. The van der Waals surface area contributed by atoms with E-state index < -0.39 is 12.0 Å². The van der Waals surface area contributed by atoms with E-state index in [0.717, 1.165) is 23.4 Å². The summed E-state index contributed by atoms with van der Waals surface area (Å²) < 4.78 is 38.1. The van der Waals surface area contributed by atoms with E-state index in [9.17, 15) is 13.2 Å². The molecule has 2 aromatic heterocycles. The average Bonchev–Trinajstić information content (AvgIpc) is 2.48. The number of nitrogens with zero attached hydrogens (tertiary/aromatic N) is 4. The largest absolute Gasteiger partial charge is 0.451 e. The van der Waals surface area contributed by atoms with E-state index in [1.54, 1.807) is 6.20 Å². The maximum Gasteiger partial charge on any atom is 0.451 e. The van der Waals surface area contributed by atoms with E-state index in [1.165, 1.54) is 6.20 Å². The summed E-state index contributed by atoms with van der Waals surface area (Å²) in [6.45, 7) is 3.73. The van der Waals surface area contributed by atoms with Gasteiger partial charge < -0.3 is 0 Å². The Bertz CT molecular complexity index is 685. The molecule has 0 amide bonds. The van der Waals surface area contributed by atoms with Crippen LogP contribution < -0.4 is 0 Å². The van der Waals surface area contributed by atoms with Crippen molar-refractivity contribution in [1.29, 1.82) is 0 Å². The highest BCUT2D eigenvalue weighted by Crippen LogP contribution is 2.28. The summed E-state index contributed by atoms with van der Waals surface area (Å²) >= 11 is 0. The summed E-state index contributed by atoms with van der Waals surface area (Å²) in [7, 11) is 0. The predicted molar refractivity (Wildman–Crippen MR) is 73.8 cm³/mol. The Labute approximate surface area is 126 Å². The van der Waals surface area contributed by atoms with Gasteiger partial charge in [-0.25, -0.2) is 9.97 Å². The van der Waals surface area contributed by atoms with Gasteiger partial charge >= 0.3 is 6.18 Å². The molecule has 0 fully saturated rings. The Balaban J connectivity index is 1.79. The normalized spacial score (nSPS) is 15.6. The first-order valence-electron chi connectivity index (χ1n) is 6.98. The third-order valence-electron chi connectivity index (χ3n) is 3.77. The predicted octanol–water partition coefficient (Wildman–Crippen LogP) is 2.76. The molecule has 0 atom stereocenters. The average molecular weight is 308 g/mol. The minimum atomic E-state index is -4.51. The van der Waals surface area contributed by atoms with Gasteiger partial charge in [0.2, 0.25) is 5.82 Å². The van der Waals surface area contributed by atoms with Gasteiger partial charge in [-0.3, -0.25) is 9.88 Å². The molecule has 3 heterocycles. The summed E-state index contributed by atoms with van der Waals surface area (Å²) in [5.41, 5.74) is 3.27. The van der Waals surface area contributed by atoms with Gasteiger partial charge in [0, 0.05) is 32.0 Å². The van der Waals surface area contributed by atoms with E-state index >= 15 is 0 Å². The molecule has 0 unspecified atom stereocenters. The van der Waals surface area contributed by atoms with Crippen LogP contribution in [0.25, 0.3) is 0 Å². The van der Waals surface area contributed by atoms with Crippen LogP contribution in [0.5, 0.6) is 0 Å². The van der Waals surface area contributed by atoms with E-state index in [-0.39, 0.29) is 0 Å². The van der Waals surface area contributed by atoms with Crippen LogP contribution >= 0.6 is 0 Å². The summed E-state index contributed by atoms with van der Waals surface area (Å²) in [6.07, 6.45) is -0.826. The molecule has 0 aromatic carbocycles. The quantitative estimate of drug-likeness (QED) is 0.855. The van der Waals surface area contributed by atoms with Gasteiger partial charge in [-0.2, -0.15) is 13.2 Å². The fourth-order valence-corrected chi connectivity index (χ4v) is 2.52. The van der Waals surface area contributed by atoms with Crippen molar-refractivity contribution in [3.05, 3.63) is 52.9 Å². The molecule has 1 aliphatic heterocycles. The van der Waals surface area contributed by atoms with Gasteiger partial charge in [0.05, 0.1) is 11.4 Å². The van der Waals surface area contributed by atoms with Crippen LogP contribution in [0.2, 0.25) is 0 Å². The number of hydrogen-bond donors (Lipinski definition) is 0. The number of aryl methyl sites for hydroxylation is 1. The highest BCUT2D eigenvalue weighted by Gasteiger charge is 2.35. The molecule has 0 bridgehead atoms. The lowest BCUT2D eigenvalue weighted by molar-refractivity contribution is -0.145. The molecule has 22 heavy (non-hydrogen) atoms. The van der Waals surface area contributed by atoms with Gasteiger partial charge in [0.25, 0.3) is 0 Å². The first-order valence-corrected chi connectivity index (χ1v) is 6.98. The zero-order chi connectivity index (χ0) is 15.7. The lowest BCUT2D eigenvalue weighted by atomic mass is 10.1. The highest BCUT2D eigenvalue weighted by atomic mass is 19.4. The van der Waals surface area contributed by atoms with Crippen molar-refractivity contribution in [1.82, 2.24) is 19.9 Å². The molecular formula is C15H15F3N4. The van der Waals surface area contributed by atoms with Crippen molar-refractivity contribution in [2.75, 3.05) is 6.54 Å². The minimum absolute atomic E-state index is 0.386. The second-order valence-corrected chi connectivity index (χ2v) is 5.39. The molecule has 3 rings (SSSR count). The van der Waals surface area contributed by atoms with E-state index in [1.807, 2.05) is 19.1 Å². The monoisotopic (exact) mass is 308 g/mol. The molecule has 7 heteroatoms. The molecule has 2 aromatic rings. The fourth-order valence-electron chi connectivity index (χ4n) is 2.52. The van der Waals surface area contributed by atoms with E-state index in [2.05, 4.69) is 19.9 Å². The summed E-state index contributed by atoms with van der Waals surface area (Å²) in [5.74, 6) is -1.07. The topological polar surface area (TPSA) is 41.9 Å². The van der Waals surface area contributed by atoms with E-state index in [4.69, 9.17) is 0 Å². The Hall–Kier alpha value is -2.02. The zero-order valence-electron chi connectivity index (χ0n) is 12.1. The van der Waals surface area contributed by atoms with Crippen LogP contribution in [-0.2, 0) is 25.7 Å². The number of alkyl halides is 3. The lowest BCUT2D eigenvalue weighted by Crippen LogP contribution is -2.32. The second-order valence-electron chi connectivity index (χ2n) is 5.39. The molecule has 0 saturated carbocycles. The minimum Gasteiger partial charge on any atom is -0.291 e. The number of hydrogen-bond acceptors (Lipinski definition) is 4. The smallest absolute Gasteiger partial charge is 0.291 e. The Morgan fingerprint density at radius 2 is 2.09 bits per heavy atom. The maximum atomic E-state index is 12.7. The first-order chi connectivity index (χ1) is 10.4. The van der Waals surface area contributed by atoms with Crippen LogP contribution in [0, 0.1) is 6.92 Å². The lowest BCUT2D eigenvalue weighted by Gasteiger charge is -2.28. The molecule has 116 valence electrons. The van der Waals surface area contributed by atoms with Crippen LogP contribution in [0.1, 0.15) is 28.3 Å². The van der Waals surface area contributed by atoms with Crippen molar-refractivity contribution in [2.24, 2.45) is 0 Å². The first kappa shape index (κ1) is 14.9.